The van der Waals surface area contributed by atoms with E-state index < -0.39 is 5.60 Å². The maximum Gasteiger partial charge on any atom is 0.236 e. The standard InChI is InChI=1S/C19H30N4O3/c1-21(12-17-6-2-3-7-20-17)13-18(24)23-10-11-26-16-19(25,15-23)14-22-8-4-5-9-22/h2-3,6-7,25H,4-5,8-16H2,1H3/t19-/m0/s1. The molecule has 26 heavy (non-hydrogen) atoms. The maximum atomic E-state index is 12.8. The van der Waals surface area contributed by atoms with Crippen LogP contribution in [0.1, 0.15) is 18.5 Å². The molecule has 0 unspecified atom stereocenters. The highest BCUT2D eigenvalue weighted by atomic mass is 16.5. The van der Waals surface area contributed by atoms with Gasteiger partial charge in [0.15, 0.2) is 0 Å². The van der Waals surface area contributed by atoms with E-state index in [-0.39, 0.29) is 12.5 Å². The fraction of sp³-hybridized carbons (Fsp3) is 0.684. The Labute approximate surface area is 155 Å². The van der Waals surface area contributed by atoms with Crippen molar-refractivity contribution in [3.8, 4) is 0 Å². The highest BCUT2D eigenvalue weighted by molar-refractivity contribution is 5.78. The molecular formula is C19H30N4O3. The second kappa shape index (κ2) is 8.90. The Morgan fingerprint density at radius 1 is 1.35 bits per heavy atom. The zero-order valence-corrected chi connectivity index (χ0v) is 15.6. The monoisotopic (exact) mass is 362 g/mol. The zero-order chi connectivity index (χ0) is 18.4. The number of pyridine rings is 1. The third-order valence-corrected chi connectivity index (χ3v) is 4.99. The van der Waals surface area contributed by atoms with Gasteiger partial charge >= 0.3 is 0 Å². The van der Waals surface area contributed by atoms with E-state index in [0.717, 1.165) is 18.8 Å². The van der Waals surface area contributed by atoms with Crippen LogP contribution in [0.3, 0.4) is 0 Å². The van der Waals surface area contributed by atoms with E-state index in [1.54, 1.807) is 11.1 Å². The Kier molecular flexibility index (Phi) is 6.58. The lowest BCUT2D eigenvalue weighted by Gasteiger charge is -2.34. The second-order valence-corrected chi connectivity index (χ2v) is 7.57. The maximum absolute atomic E-state index is 12.8. The molecule has 1 atom stereocenters. The van der Waals surface area contributed by atoms with E-state index in [4.69, 9.17) is 4.74 Å². The normalized spacial score (nSPS) is 24.8. The molecule has 1 aromatic rings. The molecule has 144 valence electrons. The lowest BCUT2D eigenvalue weighted by atomic mass is 10.0. The van der Waals surface area contributed by atoms with Crippen LogP contribution in [0.4, 0.5) is 0 Å². The van der Waals surface area contributed by atoms with Crippen LogP contribution >= 0.6 is 0 Å². The van der Waals surface area contributed by atoms with E-state index in [2.05, 4.69) is 9.88 Å². The fourth-order valence-corrected chi connectivity index (χ4v) is 3.74. The molecule has 7 heteroatoms. The molecule has 2 aliphatic rings. The number of carbonyl (C=O) groups excluding carboxylic acids is 1. The number of hydrogen-bond donors (Lipinski definition) is 1. The highest BCUT2D eigenvalue weighted by Crippen LogP contribution is 2.18. The van der Waals surface area contributed by atoms with Crippen LogP contribution in [-0.4, -0.2) is 95.8 Å². The van der Waals surface area contributed by atoms with Gasteiger partial charge in [-0.25, -0.2) is 0 Å². The average Bonchev–Trinajstić information content (AvgIpc) is 3.02. The first kappa shape index (κ1) is 19.2. The summed E-state index contributed by atoms with van der Waals surface area (Å²) in [5, 5.41) is 11.0. The van der Waals surface area contributed by atoms with Gasteiger partial charge in [-0.15, -0.1) is 0 Å². The molecule has 2 saturated heterocycles. The molecule has 0 bridgehead atoms. The van der Waals surface area contributed by atoms with Crippen molar-refractivity contribution in [1.29, 1.82) is 0 Å². The summed E-state index contributed by atoms with van der Waals surface area (Å²) in [6, 6.07) is 5.78. The first-order chi connectivity index (χ1) is 12.5. The van der Waals surface area contributed by atoms with Crippen LogP contribution in [0.2, 0.25) is 0 Å². The Balaban J connectivity index is 1.55. The Morgan fingerprint density at radius 2 is 2.15 bits per heavy atom. The number of likely N-dealkylation sites (tertiary alicyclic amines) is 1. The number of ether oxygens (including phenoxy) is 1. The molecule has 0 aliphatic carbocycles. The Bertz CT molecular complexity index is 579. The summed E-state index contributed by atoms with van der Waals surface area (Å²) in [5.41, 5.74) is -0.0525. The molecule has 0 radical (unpaired) electrons. The minimum absolute atomic E-state index is 0.0220. The van der Waals surface area contributed by atoms with Crippen LogP contribution in [0, 0.1) is 0 Å². The van der Waals surface area contributed by atoms with Crippen LogP contribution in [0.5, 0.6) is 0 Å². The predicted molar refractivity (Wildman–Crippen MR) is 98.6 cm³/mol. The molecule has 1 amide bonds. The summed E-state index contributed by atoms with van der Waals surface area (Å²) in [6.07, 6.45) is 4.12. The smallest absolute Gasteiger partial charge is 0.236 e. The van der Waals surface area contributed by atoms with Gasteiger partial charge in [0, 0.05) is 25.8 Å². The number of hydrogen-bond acceptors (Lipinski definition) is 6. The van der Waals surface area contributed by atoms with Crippen LogP contribution < -0.4 is 0 Å². The van der Waals surface area contributed by atoms with Crippen molar-refractivity contribution in [3.05, 3.63) is 30.1 Å². The van der Waals surface area contributed by atoms with Crippen molar-refractivity contribution >= 4 is 5.91 Å². The van der Waals surface area contributed by atoms with E-state index in [1.807, 2.05) is 30.1 Å². The van der Waals surface area contributed by atoms with Gasteiger partial charge in [0.2, 0.25) is 5.91 Å². The summed E-state index contributed by atoms with van der Waals surface area (Å²) < 4.78 is 5.61. The summed E-state index contributed by atoms with van der Waals surface area (Å²) in [5.74, 6) is 0.0220. The molecular weight excluding hydrogens is 332 g/mol. The number of amides is 1. The largest absolute Gasteiger partial charge is 0.384 e. The number of rotatable bonds is 6. The molecule has 1 N–H and O–H groups in total. The summed E-state index contributed by atoms with van der Waals surface area (Å²) in [4.78, 5) is 23.0. The van der Waals surface area contributed by atoms with Crippen LogP contribution in [-0.2, 0) is 16.1 Å². The number of carbonyl (C=O) groups is 1. The summed E-state index contributed by atoms with van der Waals surface area (Å²) in [7, 11) is 1.91. The molecule has 3 heterocycles. The van der Waals surface area contributed by atoms with E-state index in [9.17, 15) is 9.90 Å². The van der Waals surface area contributed by atoms with Crippen molar-refractivity contribution in [2.75, 3.05) is 59.5 Å². The molecule has 0 aromatic carbocycles. The predicted octanol–water partition coefficient (Wildman–Crippen LogP) is 0.199. The van der Waals surface area contributed by atoms with Crippen molar-refractivity contribution in [1.82, 2.24) is 19.7 Å². The molecule has 0 saturated carbocycles. The third-order valence-electron chi connectivity index (χ3n) is 4.99. The number of aromatic nitrogens is 1. The van der Waals surface area contributed by atoms with Crippen molar-refractivity contribution in [2.45, 2.75) is 25.0 Å². The zero-order valence-electron chi connectivity index (χ0n) is 15.6. The third kappa shape index (κ3) is 5.48. The molecule has 2 fully saturated rings. The topological polar surface area (TPSA) is 69.1 Å². The van der Waals surface area contributed by atoms with Gasteiger partial charge in [0.25, 0.3) is 0 Å². The van der Waals surface area contributed by atoms with Crippen molar-refractivity contribution < 1.29 is 14.6 Å². The van der Waals surface area contributed by atoms with Gasteiger partial charge in [-0.2, -0.15) is 0 Å². The van der Waals surface area contributed by atoms with Gasteiger partial charge in [-0.1, -0.05) is 6.07 Å². The SMILES string of the molecule is CN(CC(=O)N1CCOC[C@](O)(CN2CCCC2)C1)Cc1ccccn1. The minimum Gasteiger partial charge on any atom is -0.384 e. The fourth-order valence-electron chi connectivity index (χ4n) is 3.74. The van der Waals surface area contributed by atoms with Crippen LogP contribution in [0.15, 0.2) is 24.4 Å². The van der Waals surface area contributed by atoms with Gasteiger partial charge in [0.05, 0.1) is 32.0 Å². The molecule has 2 aliphatic heterocycles. The van der Waals surface area contributed by atoms with E-state index in [1.165, 1.54) is 12.8 Å². The number of β-amino-alcohol motifs (C(OH)–C–C–N with tert-alkyl or cyclic N) is 1. The highest BCUT2D eigenvalue weighted by Gasteiger charge is 2.36. The Morgan fingerprint density at radius 3 is 2.88 bits per heavy atom. The lowest BCUT2D eigenvalue weighted by molar-refractivity contribution is -0.135. The summed E-state index contributed by atoms with van der Waals surface area (Å²) >= 11 is 0. The van der Waals surface area contributed by atoms with E-state index in [0.29, 0.717) is 39.3 Å². The number of likely N-dealkylation sites (N-methyl/N-ethyl adjacent to an activating group) is 1. The number of nitrogens with zero attached hydrogens (tertiary/aromatic N) is 4. The minimum atomic E-state index is -0.990. The van der Waals surface area contributed by atoms with Gasteiger partial charge in [0.1, 0.15) is 5.60 Å². The van der Waals surface area contributed by atoms with Gasteiger partial charge in [-0.3, -0.25) is 14.7 Å². The number of aliphatic hydroxyl groups is 1. The molecule has 1 aromatic heterocycles. The van der Waals surface area contributed by atoms with E-state index >= 15 is 0 Å². The van der Waals surface area contributed by atoms with Crippen molar-refractivity contribution in [3.63, 3.8) is 0 Å². The quantitative estimate of drug-likeness (QED) is 0.780. The second-order valence-electron chi connectivity index (χ2n) is 7.57. The van der Waals surface area contributed by atoms with Crippen LogP contribution in [0.25, 0.3) is 0 Å². The summed E-state index contributed by atoms with van der Waals surface area (Å²) in [6.45, 7) is 5.14. The van der Waals surface area contributed by atoms with Crippen molar-refractivity contribution in [2.24, 2.45) is 0 Å². The Hall–Kier alpha value is -1.54. The van der Waals surface area contributed by atoms with Gasteiger partial charge < -0.3 is 19.6 Å². The molecule has 7 nitrogen and oxygen atoms in total. The first-order valence-corrected chi connectivity index (χ1v) is 9.43. The van der Waals surface area contributed by atoms with Gasteiger partial charge in [-0.05, 0) is 45.1 Å². The molecule has 0 spiro atoms. The lowest BCUT2D eigenvalue weighted by Crippen LogP contribution is -2.54. The average molecular weight is 362 g/mol. The first-order valence-electron chi connectivity index (χ1n) is 9.43. The molecule has 3 rings (SSSR count).